The summed E-state index contributed by atoms with van der Waals surface area (Å²) in [5.74, 6) is 2.53. The van der Waals surface area contributed by atoms with Crippen LogP contribution in [-0.2, 0) is 10.5 Å². The summed E-state index contributed by atoms with van der Waals surface area (Å²) < 4.78 is 13.0. The molecule has 0 atom stereocenters. The van der Waals surface area contributed by atoms with Crippen LogP contribution >= 0.6 is 11.8 Å². The molecule has 1 aliphatic heterocycles. The molecule has 1 aromatic carbocycles. The molecule has 3 aromatic rings. The van der Waals surface area contributed by atoms with Crippen LogP contribution in [0.3, 0.4) is 0 Å². The van der Waals surface area contributed by atoms with Crippen LogP contribution in [0, 0.1) is 13.8 Å². The molecule has 26 heavy (non-hydrogen) atoms. The van der Waals surface area contributed by atoms with Gasteiger partial charge in [0.1, 0.15) is 0 Å². The number of benzene rings is 1. The van der Waals surface area contributed by atoms with Crippen molar-refractivity contribution in [2.45, 2.75) is 24.8 Å². The first kappa shape index (κ1) is 17.0. The van der Waals surface area contributed by atoms with Crippen molar-refractivity contribution in [2.75, 3.05) is 31.2 Å². The molecular formula is C17H20N6O2S. The number of hydrogen-bond acceptors (Lipinski definition) is 8. The van der Waals surface area contributed by atoms with E-state index in [1.807, 2.05) is 0 Å². The standard InChI is InChI=1S/C17H20N6O2S/c1-12-3-5-14(6-4-12)23-16(22-7-9-24-10-8-22)20-21-17(23)26-11-15-19-18-13(2)25-15/h3-6H,7-11H2,1-2H3. The zero-order valence-corrected chi connectivity index (χ0v) is 15.6. The molecular weight excluding hydrogens is 352 g/mol. The van der Waals surface area contributed by atoms with Crippen molar-refractivity contribution in [3.05, 3.63) is 41.6 Å². The van der Waals surface area contributed by atoms with Gasteiger partial charge in [-0.1, -0.05) is 29.5 Å². The van der Waals surface area contributed by atoms with E-state index in [2.05, 4.69) is 61.1 Å². The van der Waals surface area contributed by atoms with Gasteiger partial charge < -0.3 is 14.1 Å². The summed E-state index contributed by atoms with van der Waals surface area (Å²) in [6.07, 6.45) is 0. The highest BCUT2D eigenvalue weighted by molar-refractivity contribution is 7.98. The van der Waals surface area contributed by atoms with Gasteiger partial charge in [-0.15, -0.1) is 20.4 Å². The monoisotopic (exact) mass is 372 g/mol. The Morgan fingerprint density at radius 3 is 2.46 bits per heavy atom. The quantitative estimate of drug-likeness (QED) is 0.632. The van der Waals surface area contributed by atoms with E-state index in [1.165, 1.54) is 17.3 Å². The van der Waals surface area contributed by atoms with E-state index in [4.69, 9.17) is 9.15 Å². The average molecular weight is 372 g/mol. The van der Waals surface area contributed by atoms with E-state index in [0.717, 1.165) is 29.9 Å². The molecule has 2 aromatic heterocycles. The van der Waals surface area contributed by atoms with Crippen LogP contribution in [-0.4, -0.2) is 51.3 Å². The smallest absolute Gasteiger partial charge is 0.232 e. The normalized spacial score (nSPS) is 14.8. The molecule has 0 unspecified atom stereocenters. The molecule has 1 fully saturated rings. The van der Waals surface area contributed by atoms with Crippen molar-refractivity contribution in [1.29, 1.82) is 0 Å². The van der Waals surface area contributed by atoms with Gasteiger partial charge in [0.15, 0.2) is 5.16 Å². The maximum atomic E-state index is 5.47. The van der Waals surface area contributed by atoms with Crippen molar-refractivity contribution in [1.82, 2.24) is 25.0 Å². The number of anilines is 1. The van der Waals surface area contributed by atoms with Crippen molar-refractivity contribution in [3.8, 4) is 5.69 Å². The molecule has 0 saturated carbocycles. The molecule has 4 rings (SSSR count). The summed E-state index contributed by atoms with van der Waals surface area (Å²) in [4.78, 5) is 2.21. The Hall–Kier alpha value is -2.39. The number of rotatable bonds is 5. The van der Waals surface area contributed by atoms with Gasteiger partial charge in [0, 0.05) is 20.0 Å². The minimum atomic E-state index is 0.550. The van der Waals surface area contributed by atoms with Crippen LogP contribution in [0.25, 0.3) is 5.69 Å². The molecule has 0 radical (unpaired) electrons. The van der Waals surface area contributed by atoms with Gasteiger partial charge >= 0.3 is 0 Å². The average Bonchev–Trinajstić information content (AvgIpc) is 3.27. The third-order valence-electron chi connectivity index (χ3n) is 4.09. The van der Waals surface area contributed by atoms with E-state index in [0.29, 0.717) is 30.7 Å². The Morgan fingerprint density at radius 2 is 1.77 bits per heavy atom. The predicted octanol–water partition coefficient (Wildman–Crippen LogP) is 2.40. The number of thioether (sulfide) groups is 1. The fourth-order valence-electron chi connectivity index (χ4n) is 2.77. The van der Waals surface area contributed by atoms with Crippen molar-refractivity contribution in [3.63, 3.8) is 0 Å². The first-order chi connectivity index (χ1) is 12.7. The lowest BCUT2D eigenvalue weighted by atomic mass is 10.2. The molecule has 8 nitrogen and oxygen atoms in total. The van der Waals surface area contributed by atoms with Crippen molar-refractivity contribution < 1.29 is 9.15 Å². The minimum Gasteiger partial charge on any atom is -0.425 e. The molecule has 9 heteroatoms. The van der Waals surface area contributed by atoms with Gasteiger partial charge in [-0.05, 0) is 19.1 Å². The third-order valence-corrected chi connectivity index (χ3v) is 5.01. The van der Waals surface area contributed by atoms with Crippen LogP contribution < -0.4 is 4.90 Å². The van der Waals surface area contributed by atoms with E-state index in [9.17, 15) is 0 Å². The highest BCUT2D eigenvalue weighted by atomic mass is 32.2. The summed E-state index contributed by atoms with van der Waals surface area (Å²) in [7, 11) is 0. The van der Waals surface area contributed by atoms with E-state index in [1.54, 1.807) is 6.92 Å². The fraction of sp³-hybridized carbons (Fsp3) is 0.412. The second kappa shape index (κ2) is 7.46. The maximum Gasteiger partial charge on any atom is 0.232 e. The number of hydrogen-bond donors (Lipinski definition) is 0. The maximum absolute atomic E-state index is 5.47. The minimum absolute atomic E-state index is 0.550. The van der Waals surface area contributed by atoms with Crippen LogP contribution in [0.5, 0.6) is 0 Å². The number of morpholine rings is 1. The van der Waals surface area contributed by atoms with Gasteiger partial charge in [-0.25, -0.2) is 0 Å². The first-order valence-corrected chi connectivity index (χ1v) is 9.46. The summed E-state index contributed by atoms with van der Waals surface area (Å²) >= 11 is 1.53. The summed E-state index contributed by atoms with van der Waals surface area (Å²) in [6.45, 7) is 6.86. The zero-order chi connectivity index (χ0) is 17.9. The second-order valence-electron chi connectivity index (χ2n) is 6.06. The van der Waals surface area contributed by atoms with Gasteiger partial charge in [0.05, 0.1) is 24.7 Å². The summed E-state index contributed by atoms with van der Waals surface area (Å²) in [5, 5.41) is 17.6. The van der Waals surface area contributed by atoms with Crippen LogP contribution in [0.1, 0.15) is 17.3 Å². The largest absolute Gasteiger partial charge is 0.425 e. The lowest BCUT2D eigenvalue weighted by Crippen LogP contribution is -2.37. The van der Waals surface area contributed by atoms with E-state index in [-0.39, 0.29) is 0 Å². The first-order valence-electron chi connectivity index (χ1n) is 8.47. The molecule has 1 aliphatic rings. The van der Waals surface area contributed by atoms with Gasteiger partial charge in [-0.3, -0.25) is 4.57 Å². The molecule has 0 N–H and O–H groups in total. The molecule has 3 heterocycles. The Labute approximate surface area is 155 Å². The summed E-state index contributed by atoms with van der Waals surface area (Å²) in [5.41, 5.74) is 2.25. The number of aromatic nitrogens is 5. The SMILES string of the molecule is Cc1ccc(-n2c(SCc3nnc(C)o3)nnc2N2CCOCC2)cc1. The highest BCUT2D eigenvalue weighted by Crippen LogP contribution is 2.29. The molecule has 0 bridgehead atoms. The molecule has 1 saturated heterocycles. The molecule has 0 amide bonds. The fourth-order valence-corrected chi connectivity index (χ4v) is 3.55. The molecule has 0 spiro atoms. The van der Waals surface area contributed by atoms with Crippen LogP contribution in [0.2, 0.25) is 0 Å². The number of nitrogens with zero attached hydrogens (tertiary/aromatic N) is 6. The van der Waals surface area contributed by atoms with E-state index < -0.39 is 0 Å². The molecule has 136 valence electrons. The van der Waals surface area contributed by atoms with Crippen molar-refractivity contribution in [2.24, 2.45) is 0 Å². The number of aryl methyl sites for hydroxylation is 2. The Kier molecular flexibility index (Phi) is 4.89. The third kappa shape index (κ3) is 3.58. The van der Waals surface area contributed by atoms with Gasteiger partial charge in [0.2, 0.25) is 17.7 Å². The Balaban J connectivity index is 1.66. The Bertz CT molecular complexity index is 870. The van der Waals surface area contributed by atoms with Gasteiger partial charge in [0.25, 0.3) is 0 Å². The predicted molar refractivity (Wildman–Crippen MR) is 97.7 cm³/mol. The van der Waals surface area contributed by atoms with Crippen LogP contribution in [0.4, 0.5) is 5.95 Å². The van der Waals surface area contributed by atoms with Gasteiger partial charge in [-0.2, -0.15) is 0 Å². The lowest BCUT2D eigenvalue weighted by molar-refractivity contribution is 0.122. The zero-order valence-electron chi connectivity index (χ0n) is 14.8. The molecule has 0 aliphatic carbocycles. The number of ether oxygens (including phenoxy) is 1. The van der Waals surface area contributed by atoms with Crippen molar-refractivity contribution >= 4 is 17.7 Å². The highest BCUT2D eigenvalue weighted by Gasteiger charge is 2.22. The van der Waals surface area contributed by atoms with Crippen LogP contribution in [0.15, 0.2) is 33.8 Å². The topological polar surface area (TPSA) is 82.1 Å². The summed E-state index contributed by atoms with van der Waals surface area (Å²) in [6, 6.07) is 8.36. The van der Waals surface area contributed by atoms with E-state index >= 15 is 0 Å². The lowest BCUT2D eigenvalue weighted by Gasteiger charge is -2.27. The second-order valence-corrected chi connectivity index (χ2v) is 7.00. The Morgan fingerprint density at radius 1 is 1.00 bits per heavy atom.